The molecule has 0 saturated carbocycles. The largest absolute Gasteiger partial charge is 0.319 e. The number of hydrogen-bond donors (Lipinski definition) is 1. The van der Waals surface area contributed by atoms with Crippen LogP contribution in [0.1, 0.15) is 16.1 Å². The van der Waals surface area contributed by atoms with Crippen LogP contribution in [0.5, 0.6) is 0 Å². The number of aryl methyl sites for hydroxylation is 1. The molecule has 1 aromatic heterocycles. The molecule has 0 aliphatic heterocycles. The third-order valence-corrected chi connectivity index (χ3v) is 3.67. The molecule has 0 radical (unpaired) electrons. The number of anilines is 1. The lowest BCUT2D eigenvalue weighted by Gasteiger charge is -2.09. The first-order valence-electron chi connectivity index (χ1n) is 7.20. The van der Waals surface area contributed by atoms with Crippen molar-refractivity contribution in [3.05, 3.63) is 76.8 Å². The highest BCUT2D eigenvalue weighted by Gasteiger charge is 2.14. The SMILES string of the molecule is Cc1nc(-c2ccccc2)ncc1C(=O)Nc1ccc(Cl)cc1F. The molecule has 2 aromatic carbocycles. The lowest BCUT2D eigenvalue weighted by atomic mass is 10.2. The van der Waals surface area contributed by atoms with Crippen molar-refractivity contribution in [1.29, 1.82) is 0 Å². The quantitative estimate of drug-likeness (QED) is 0.763. The fourth-order valence-electron chi connectivity index (χ4n) is 2.20. The fraction of sp³-hybridized carbons (Fsp3) is 0.0556. The van der Waals surface area contributed by atoms with Gasteiger partial charge in [-0.1, -0.05) is 41.9 Å². The van der Waals surface area contributed by atoms with Gasteiger partial charge in [0.1, 0.15) is 5.82 Å². The summed E-state index contributed by atoms with van der Waals surface area (Å²) in [5, 5.41) is 2.76. The van der Waals surface area contributed by atoms with Crippen LogP contribution < -0.4 is 5.32 Å². The van der Waals surface area contributed by atoms with Crippen molar-refractivity contribution >= 4 is 23.2 Å². The monoisotopic (exact) mass is 341 g/mol. The van der Waals surface area contributed by atoms with Gasteiger partial charge in [-0.15, -0.1) is 0 Å². The zero-order valence-electron chi connectivity index (χ0n) is 12.8. The van der Waals surface area contributed by atoms with Gasteiger partial charge in [-0.2, -0.15) is 0 Å². The predicted molar refractivity (Wildman–Crippen MR) is 91.6 cm³/mol. The molecule has 1 amide bonds. The zero-order valence-corrected chi connectivity index (χ0v) is 13.5. The average molecular weight is 342 g/mol. The van der Waals surface area contributed by atoms with E-state index in [9.17, 15) is 9.18 Å². The summed E-state index contributed by atoms with van der Waals surface area (Å²) >= 11 is 5.70. The van der Waals surface area contributed by atoms with E-state index in [0.29, 0.717) is 11.5 Å². The molecule has 24 heavy (non-hydrogen) atoms. The maximum atomic E-state index is 13.8. The van der Waals surface area contributed by atoms with E-state index in [2.05, 4.69) is 15.3 Å². The smallest absolute Gasteiger partial charge is 0.259 e. The van der Waals surface area contributed by atoms with E-state index in [0.717, 1.165) is 11.6 Å². The standard InChI is InChI=1S/C18H13ClFN3O/c1-11-14(10-21-17(22-11)12-5-3-2-4-6-12)18(24)23-16-8-7-13(19)9-15(16)20/h2-10H,1H3,(H,23,24). The van der Waals surface area contributed by atoms with Crippen LogP contribution in [0.25, 0.3) is 11.4 Å². The highest BCUT2D eigenvalue weighted by Crippen LogP contribution is 2.21. The third kappa shape index (κ3) is 3.41. The van der Waals surface area contributed by atoms with Crippen molar-refractivity contribution in [2.24, 2.45) is 0 Å². The topological polar surface area (TPSA) is 54.9 Å². The molecular formula is C18H13ClFN3O. The first-order valence-corrected chi connectivity index (χ1v) is 7.58. The summed E-state index contributed by atoms with van der Waals surface area (Å²) < 4.78 is 13.8. The Morgan fingerprint density at radius 3 is 2.58 bits per heavy atom. The van der Waals surface area contributed by atoms with E-state index in [-0.39, 0.29) is 16.3 Å². The van der Waals surface area contributed by atoms with Crippen LogP contribution in [0.3, 0.4) is 0 Å². The normalized spacial score (nSPS) is 10.5. The van der Waals surface area contributed by atoms with Crippen LogP contribution in [-0.4, -0.2) is 15.9 Å². The second-order valence-electron chi connectivity index (χ2n) is 5.14. The molecule has 0 spiro atoms. The van der Waals surface area contributed by atoms with Gasteiger partial charge in [-0.3, -0.25) is 4.79 Å². The Morgan fingerprint density at radius 1 is 1.17 bits per heavy atom. The number of nitrogens with zero attached hydrogens (tertiary/aromatic N) is 2. The summed E-state index contributed by atoms with van der Waals surface area (Å²) in [6, 6.07) is 13.5. The highest BCUT2D eigenvalue weighted by atomic mass is 35.5. The molecule has 3 aromatic rings. The van der Waals surface area contributed by atoms with Gasteiger partial charge in [0.15, 0.2) is 5.82 Å². The number of nitrogens with one attached hydrogen (secondary N) is 1. The molecule has 3 rings (SSSR count). The van der Waals surface area contributed by atoms with Gasteiger partial charge in [0.05, 0.1) is 16.9 Å². The lowest BCUT2D eigenvalue weighted by Crippen LogP contribution is -2.15. The van der Waals surface area contributed by atoms with Crippen LogP contribution in [0.4, 0.5) is 10.1 Å². The van der Waals surface area contributed by atoms with Crippen LogP contribution in [0, 0.1) is 12.7 Å². The summed E-state index contributed by atoms with van der Waals surface area (Å²) in [6.45, 7) is 1.71. The van der Waals surface area contributed by atoms with E-state index in [1.807, 2.05) is 30.3 Å². The van der Waals surface area contributed by atoms with Crippen molar-refractivity contribution in [2.45, 2.75) is 6.92 Å². The molecule has 0 aliphatic carbocycles. The van der Waals surface area contributed by atoms with Gasteiger partial charge in [-0.25, -0.2) is 14.4 Å². The van der Waals surface area contributed by atoms with Crippen molar-refractivity contribution in [3.63, 3.8) is 0 Å². The van der Waals surface area contributed by atoms with Crippen molar-refractivity contribution in [3.8, 4) is 11.4 Å². The van der Waals surface area contributed by atoms with Gasteiger partial charge in [0.25, 0.3) is 5.91 Å². The number of rotatable bonds is 3. The molecular weight excluding hydrogens is 329 g/mol. The van der Waals surface area contributed by atoms with Crippen LogP contribution >= 0.6 is 11.6 Å². The van der Waals surface area contributed by atoms with Crippen molar-refractivity contribution < 1.29 is 9.18 Å². The zero-order chi connectivity index (χ0) is 17.1. The Hall–Kier alpha value is -2.79. The lowest BCUT2D eigenvalue weighted by molar-refractivity contribution is 0.102. The van der Waals surface area contributed by atoms with Gasteiger partial charge >= 0.3 is 0 Å². The maximum absolute atomic E-state index is 13.8. The summed E-state index contributed by atoms with van der Waals surface area (Å²) in [5.41, 5.74) is 1.70. The number of carbonyl (C=O) groups is 1. The minimum absolute atomic E-state index is 0.0518. The Balaban J connectivity index is 1.85. The Kier molecular flexibility index (Phi) is 4.53. The molecule has 1 heterocycles. The molecule has 0 unspecified atom stereocenters. The fourth-order valence-corrected chi connectivity index (χ4v) is 2.36. The number of aromatic nitrogens is 2. The van der Waals surface area contributed by atoms with Crippen molar-refractivity contribution in [1.82, 2.24) is 9.97 Å². The van der Waals surface area contributed by atoms with Gasteiger partial charge in [0.2, 0.25) is 0 Å². The average Bonchev–Trinajstić information content (AvgIpc) is 2.58. The maximum Gasteiger partial charge on any atom is 0.259 e. The molecule has 0 fully saturated rings. The van der Waals surface area contributed by atoms with Crippen LogP contribution in [0.2, 0.25) is 5.02 Å². The van der Waals surface area contributed by atoms with Gasteiger partial charge in [-0.05, 0) is 25.1 Å². The number of carbonyl (C=O) groups excluding carboxylic acids is 1. The van der Waals surface area contributed by atoms with E-state index >= 15 is 0 Å². The van der Waals surface area contributed by atoms with E-state index in [1.165, 1.54) is 18.3 Å². The second-order valence-corrected chi connectivity index (χ2v) is 5.57. The summed E-state index contributed by atoms with van der Waals surface area (Å²) in [4.78, 5) is 20.9. The third-order valence-electron chi connectivity index (χ3n) is 3.44. The Morgan fingerprint density at radius 2 is 1.92 bits per heavy atom. The molecule has 6 heteroatoms. The molecule has 0 aliphatic rings. The summed E-state index contributed by atoms with van der Waals surface area (Å²) in [5.74, 6) is -0.550. The number of amides is 1. The summed E-state index contributed by atoms with van der Waals surface area (Å²) in [7, 11) is 0. The highest BCUT2D eigenvalue weighted by molar-refractivity contribution is 6.30. The van der Waals surface area contributed by atoms with Gasteiger partial charge in [0, 0.05) is 16.8 Å². The molecule has 0 saturated heterocycles. The molecule has 4 nitrogen and oxygen atoms in total. The first kappa shape index (κ1) is 16.1. The van der Waals surface area contributed by atoms with Gasteiger partial charge < -0.3 is 5.32 Å². The van der Waals surface area contributed by atoms with Crippen molar-refractivity contribution in [2.75, 3.05) is 5.32 Å². The Labute approximate surface area is 143 Å². The van der Waals surface area contributed by atoms with E-state index < -0.39 is 11.7 Å². The van der Waals surface area contributed by atoms with E-state index in [1.54, 1.807) is 6.92 Å². The molecule has 120 valence electrons. The van der Waals surface area contributed by atoms with E-state index in [4.69, 9.17) is 11.6 Å². The number of benzene rings is 2. The first-order chi connectivity index (χ1) is 11.5. The summed E-state index contributed by atoms with van der Waals surface area (Å²) in [6.07, 6.45) is 1.44. The van der Waals surface area contributed by atoms with Crippen LogP contribution in [0.15, 0.2) is 54.7 Å². The molecule has 0 bridgehead atoms. The predicted octanol–water partition coefficient (Wildman–Crippen LogP) is 4.50. The molecule has 0 atom stereocenters. The Bertz CT molecular complexity index is 900. The minimum atomic E-state index is -0.602. The number of halogens is 2. The number of hydrogen-bond acceptors (Lipinski definition) is 3. The second kappa shape index (κ2) is 6.76. The molecule has 1 N–H and O–H groups in total. The van der Waals surface area contributed by atoms with Crippen LogP contribution in [-0.2, 0) is 0 Å². The minimum Gasteiger partial charge on any atom is -0.319 e.